The maximum atomic E-state index is 12.1. The number of amides is 1. The molecular formula is C22H24ClN5O3. The third-order valence-corrected chi connectivity index (χ3v) is 5.16. The molecule has 1 saturated heterocycles. The highest BCUT2D eigenvalue weighted by molar-refractivity contribution is 6.30. The van der Waals surface area contributed by atoms with Gasteiger partial charge in [0, 0.05) is 50.0 Å². The molecule has 1 aliphatic rings. The number of benzene rings is 2. The van der Waals surface area contributed by atoms with Crippen LogP contribution in [0.3, 0.4) is 0 Å². The SMILES string of the molecule is O=C(CN1CCN(Cc2ccc(Cl)cc2)CC1)N/N=C/C=Cc1ccccc1[N+](=O)[O-]. The molecule has 1 heterocycles. The fourth-order valence-electron chi connectivity index (χ4n) is 3.29. The van der Waals surface area contributed by atoms with Crippen molar-refractivity contribution in [3.8, 4) is 0 Å². The Kier molecular flexibility index (Phi) is 8.28. The van der Waals surface area contributed by atoms with E-state index < -0.39 is 4.92 Å². The number of piperazine rings is 1. The van der Waals surface area contributed by atoms with Crippen molar-refractivity contribution in [3.05, 3.63) is 80.9 Å². The van der Waals surface area contributed by atoms with Gasteiger partial charge < -0.3 is 0 Å². The Morgan fingerprint density at radius 1 is 1.10 bits per heavy atom. The molecule has 8 nitrogen and oxygen atoms in total. The number of para-hydroxylation sites is 1. The standard InChI is InChI=1S/C22H24ClN5O3/c23-20-9-7-18(8-10-20)16-26-12-14-27(15-13-26)17-22(29)25-24-11-3-5-19-4-1-2-6-21(19)28(30)31/h1-11H,12-17H2,(H,25,29)/b5-3?,24-11+. The largest absolute Gasteiger partial charge is 0.297 e. The van der Waals surface area contributed by atoms with Crippen molar-refractivity contribution in [1.82, 2.24) is 15.2 Å². The fraction of sp³-hybridized carbons (Fsp3) is 0.273. The van der Waals surface area contributed by atoms with Crippen molar-refractivity contribution in [2.24, 2.45) is 5.10 Å². The highest BCUT2D eigenvalue weighted by Gasteiger charge is 2.18. The highest BCUT2D eigenvalue weighted by Crippen LogP contribution is 2.18. The first-order valence-corrected chi connectivity index (χ1v) is 10.3. The van der Waals surface area contributed by atoms with E-state index in [4.69, 9.17) is 11.6 Å². The number of hydrogen-bond acceptors (Lipinski definition) is 6. The molecule has 0 unspecified atom stereocenters. The molecule has 3 rings (SSSR count). The average Bonchev–Trinajstić information content (AvgIpc) is 2.76. The topological polar surface area (TPSA) is 91.1 Å². The number of hydrazone groups is 1. The number of carbonyl (C=O) groups excluding carboxylic acids is 1. The molecule has 0 bridgehead atoms. The monoisotopic (exact) mass is 441 g/mol. The molecule has 0 spiro atoms. The molecule has 1 aliphatic heterocycles. The quantitative estimate of drug-likeness (QED) is 0.386. The van der Waals surface area contributed by atoms with Crippen LogP contribution in [-0.4, -0.2) is 59.6 Å². The second-order valence-corrected chi connectivity index (χ2v) is 7.60. The van der Waals surface area contributed by atoms with E-state index in [9.17, 15) is 14.9 Å². The summed E-state index contributed by atoms with van der Waals surface area (Å²) in [6, 6.07) is 14.3. The molecule has 1 N–H and O–H groups in total. The predicted molar refractivity (Wildman–Crippen MR) is 122 cm³/mol. The zero-order valence-corrected chi connectivity index (χ0v) is 17.7. The van der Waals surface area contributed by atoms with Gasteiger partial charge in [0.2, 0.25) is 0 Å². The van der Waals surface area contributed by atoms with Crippen molar-refractivity contribution < 1.29 is 9.72 Å². The lowest BCUT2D eigenvalue weighted by Crippen LogP contribution is -2.48. The third-order valence-electron chi connectivity index (χ3n) is 4.91. The van der Waals surface area contributed by atoms with Crippen molar-refractivity contribution in [2.45, 2.75) is 6.54 Å². The van der Waals surface area contributed by atoms with Crippen LogP contribution in [0.5, 0.6) is 0 Å². The molecule has 2 aromatic carbocycles. The zero-order valence-electron chi connectivity index (χ0n) is 17.0. The van der Waals surface area contributed by atoms with Crippen LogP contribution in [0.1, 0.15) is 11.1 Å². The summed E-state index contributed by atoms with van der Waals surface area (Å²) in [5, 5.41) is 15.6. The summed E-state index contributed by atoms with van der Waals surface area (Å²) in [7, 11) is 0. The average molecular weight is 442 g/mol. The van der Waals surface area contributed by atoms with E-state index in [0.29, 0.717) is 5.56 Å². The molecule has 162 valence electrons. The Labute approximate surface area is 185 Å². The number of rotatable bonds is 8. The lowest BCUT2D eigenvalue weighted by molar-refractivity contribution is -0.385. The lowest BCUT2D eigenvalue weighted by atomic mass is 10.2. The van der Waals surface area contributed by atoms with Crippen LogP contribution in [0.15, 0.2) is 59.7 Å². The van der Waals surface area contributed by atoms with Crippen LogP contribution in [0.25, 0.3) is 6.08 Å². The third kappa shape index (κ3) is 7.29. The van der Waals surface area contributed by atoms with Gasteiger partial charge in [-0.1, -0.05) is 35.9 Å². The smallest absolute Gasteiger partial charge is 0.276 e. The second-order valence-electron chi connectivity index (χ2n) is 7.17. The van der Waals surface area contributed by atoms with E-state index in [1.54, 1.807) is 30.4 Å². The van der Waals surface area contributed by atoms with E-state index >= 15 is 0 Å². The Morgan fingerprint density at radius 2 is 1.77 bits per heavy atom. The van der Waals surface area contributed by atoms with Crippen LogP contribution in [-0.2, 0) is 11.3 Å². The number of halogens is 1. The number of nitro groups is 1. The normalized spacial score (nSPS) is 15.5. The number of allylic oxidation sites excluding steroid dienone is 1. The maximum absolute atomic E-state index is 12.1. The summed E-state index contributed by atoms with van der Waals surface area (Å²) < 4.78 is 0. The number of nitrogens with one attached hydrogen (secondary N) is 1. The molecule has 1 amide bonds. The second kappa shape index (κ2) is 11.4. The molecule has 1 fully saturated rings. The van der Waals surface area contributed by atoms with Crippen molar-refractivity contribution in [1.29, 1.82) is 0 Å². The molecule has 31 heavy (non-hydrogen) atoms. The first kappa shape index (κ1) is 22.6. The summed E-state index contributed by atoms with van der Waals surface area (Å²) >= 11 is 5.93. The van der Waals surface area contributed by atoms with Crippen LogP contribution in [0.4, 0.5) is 5.69 Å². The van der Waals surface area contributed by atoms with Gasteiger partial charge in [-0.25, -0.2) is 5.43 Å². The molecular weight excluding hydrogens is 418 g/mol. The summed E-state index contributed by atoms with van der Waals surface area (Å²) in [6.07, 6.45) is 4.53. The minimum absolute atomic E-state index is 0.0198. The van der Waals surface area contributed by atoms with Gasteiger partial charge in [-0.2, -0.15) is 5.10 Å². The fourth-order valence-corrected chi connectivity index (χ4v) is 3.41. The van der Waals surface area contributed by atoms with Crippen molar-refractivity contribution >= 4 is 35.5 Å². The van der Waals surface area contributed by atoms with E-state index in [-0.39, 0.29) is 18.1 Å². The van der Waals surface area contributed by atoms with Crippen LogP contribution < -0.4 is 5.43 Å². The zero-order chi connectivity index (χ0) is 22.1. The van der Waals surface area contributed by atoms with E-state index in [1.165, 1.54) is 17.8 Å². The number of hydrogen-bond donors (Lipinski definition) is 1. The van der Waals surface area contributed by atoms with E-state index in [0.717, 1.165) is 37.7 Å². The molecule has 9 heteroatoms. The Balaban J connectivity index is 1.37. The summed E-state index contributed by atoms with van der Waals surface area (Å²) in [5.41, 5.74) is 4.20. The maximum Gasteiger partial charge on any atom is 0.276 e. The van der Waals surface area contributed by atoms with Gasteiger partial charge in [0.25, 0.3) is 11.6 Å². The molecule has 0 aliphatic carbocycles. The predicted octanol–water partition coefficient (Wildman–Crippen LogP) is 3.18. The lowest BCUT2D eigenvalue weighted by Gasteiger charge is -2.34. The summed E-state index contributed by atoms with van der Waals surface area (Å²) in [6.45, 7) is 4.54. The first-order chi connectivity index (χ1) is 15.0. The summed E-state index contributed by atoms with van der Waals surface area (Å²) in [5.74, 6) is -0.193. The minimum atomic E-state index is -0.437. The number of carbonyl (C=O) groups is 1. The van der Waals surface area contributed by atoms with Crippen LogP contribution in [0, 0.1) is 10.1 Å². The Hall–Kier alpha value is -3.07. The van der Waals surface area contributed by atoms with Gasteiger partial charge in [-0.05, 0) is 35.9 Å². The van der Waals surface area contributed by atoms with E-state index in [1.807, 2.05) is 24.3 Å². The molecule has 0 aromatic heterocycles. The van der Waals surface area contributed by atoms with Crippen LogP contribution >= 0.6 is 11.6 Å². The highest BCUT2D eigenvalue weighted by atomic mass is 35.5. The molecule has 0 atom stereocenters. The van der Waals surface area contributed by atoms with Gasteiger partial charge in [0.1, 0.15) is 0 Å². The van der Waals surface area contributed by atoms with Gasteiger partial charge >= 0.3 is 0 Å². The van der Waals surface area contributed by atoms with Crippen LogP contribution in [0.2, 0.25) is 5.02 Å². The van der Waals surface area contributed by atoms with E-state index in [2.05, 4.69) is 20.3 Å². The molecule has 0 saturated carbocycles. The van der Waals surface area contributed by atoms with Gasteiger partial charge in [-0.15, -0.1) is 0 Å². The van der Waals surface area contributed by atoms with Crippen molar-refractivity contribution in [2.75, 3.05) is 32.7 Å². The number of nitro benzene ring substituents is 1. The van der Waals surface area contributed by atoms with Gasteiger partial charge in [0.05, 0.1) is 17.0 Å². The molecule has 0 radical (unpaired) electrons. The van der Waals surface area contributed by atoms with Crippen molar-refractivity contribution in [3.63, 3.8) is 0 Å². The first-order valence-electron chi connectivity index (χ1n) is 9.92. The summed E-state index contributed by atoms with van der Waals surface area (Å²) in [4.78, 5) is 27.1. The van der Waals surface area contributed by atoms with Gasteiger partial charge in [-0.3, -0.25) is 24.7 Å². The molecule has 2 aromatic rings. The Morgan fingerprint density at radius 3 is 2.48 bits per heavy atom. The minimum Gasteiger partial charge on any atom is -0.297 e. The number of nitrogens with zero attached hydrogens (tertiary/aromatic N) is 4. The Bertz CT molecular complexity index is 954. The van der Waals surface area contributed by atoms with Gasteiger partial charge in [0.15, 0.2) is 0 Å².